The summed E-state index contributed by atoms with van der Waals surface area (Å²) in [4.78, 5) is 33.0. The number of hydrogen-bond acceptors (Lipinski definition) is 4. The van der Waals surface area contributed by atoms with E-state index in [1.165, 1.54) is 0 Å². The van der Waals surface area contributed by atoms with Crippen LogP contribution >= 0.6 is 0 Å². The smallest absolute Gasteiger partial charge is 0.272 e. The highest BCUT2D eigenvalue weighted by Crippen LogP contribution is 2.27. The molecule has 1 aromatic carbocycles. The summed E-state index contributed by atoms with van der Waals surface area (Å²) < 4.78 is 2.16. The number of aromatic nitrogens is 2. The van der Waals surface area contributed by atoms with E-state index in [0.29, 0.717) is 18.2 Å². The molecule has 3 rings (SSSR count). The minimum absolute atomic E-state index is 0.210. The lowest BCUT2D eigenvalue weighted by atomic mass is 9.86. The van der Waals surface area contributed by atoms with Crippen molar-refractivity contribution in [1.82, 2.24) is 25.1 Å². The number of carbonyl (C=O) groups is 2. The van der Waals surface area contributed by atoms with Gasteiger partial charge in [-0.3, -0.25) is 14.5 Å². The fourth-order valence-corrected chi connectivity index (χ4v) is 4.10. The van der Waals surface area contributed by atoms with E-state index in [2.05, 4.69) is 33.9 Å². The molecule has 1 atom stereocenters. The largest absolute Gasteiger partial charge is 0.357 e. The zero-order valence-electron chi connectivity index (χ0n) is 19.5. The summed E-state index contributed by atoms with van der Waals surface area (Å²) >= 11 is 0. The Labute approximate surface area is 185 Å². The SMILES string of the molecule is CNC(=O)[C@@H](NC(=O)c1nc(-c2ccccc2)n2c1CN(CC(C)C)CC2)C(C)(C)C. The molecule has 7 nitrogen and oxygen atoms in total. The Morgan fingerprint density at radius 1 is 1.13 bits per heavy atom. The van der Waals surface area contributed by atoms with Crippen molar-refractivity contribution in [3.8, 4) is 11.4 Å². The number of hydrogen-bond donors (Lipinski definition) is 2. The maximum absolute atomic E-state index is 13.4. The number of imidazole rings is 1. The van der Waals surface area contributed by atoms with Gasteiger partial charge in [0.2, 0.25) is 5.91 Å². The van der Waals surface area contributed by atoms with E-state index in [1.54, 1.807) is 7.05 Å². The quantitative estimate of drug-likeness (QED) is 0.746. The highest BCUT2D eigenvalue weighted by atomic mass is 16.2. The van der Waals surface area contributed by atoms with Crippen molar-refractivity contribution in [2.24, 2.45) is 11.3 Å². The molecule has 2 aromatic rings. The van der Waals surface area contributed by atoms with Gasteiger partial charge in [-0.1, -0.05) is 65.0 Å². The maximum Gasteiger partial charge on any atom is 0.272 e. The zero-order chi connectivity index (χ0) is 22.8. The lowest BCUT2D eigenvalue weighted by molar-refractivity contribution is -0.124. The molecule has 2 heterocycles. The van der Waals surface area contributed by atoms with Gasteiger partial charge in [-0.2, -0.15) is 0 Å². The van der Waals surface area contributed by atoms with Crippen LogP contribution in [0.2, 0.25) is 0 Å². The monoisotopic (exact) mass is 425 g/mol. The number of fused-ring (bicyclic) bond motifs is 1. The molecule has 31 heavy (non-hydrogen) atoms. The lowest BCUT2D eigenvalue weighted by Crippen LogP contribution is -2.53. The molecule has 0 unspecified atom stereocenters. The number of carbonyl (C=O) groups excluding carboxylic acids is 2. The summed E-state index contributed by atoms with van der Waals surface area (Å²) in [7, 11) is 1.59. The van der Waals surface area contributed by atoms with Gasteiger partial charge >= 0.3 is 0 Å². The van der Waals surface area contributed by atoms with Gasteiger partial charge in [0.15, 0.2) is 5.69 Å². The molecular formula is C24H35N5O2. The summed E-state index contributed by atoms with van der Waals surface area (Å²) in [5.41, 5.74) is 1.87. The third kappa shape index (κ3) is 5.15. The molecule has 0 saturated carbocycles. The van der Waals surface area contributed by atoms with Crippen LogP contribution in [-0.4, -0.2) is 52.4 Å². The second-order valence-corrected chi connectivity index (χ2v) is 9.76. The van der Waals surface area contributed by atoms with Crippen LogP contribution in [0.4, 0.5) is 0 Å². The summed E-state index contributed by atoms with van der Waals surface area (Å²) in [6, 6.07) is 9.30. The molecule has 0 saturated heterocycles. The first-order chi connectivity index (χ1) is 14.6. The highest BCUT2D eigenvalue weighted by Gasteiger charge is 2.35. The van der Waals surface area contributed by atoms with Crippen molar-refractivity contribution in [2.45, 2.75) is 53.8 Å². The second kappa shape index (κ2) is 9.22. The summed E-state index contributed by atoms with van der Waals surface area (Å²) in [6.45, 7) is 13.6. The van der Waals surface area contributed by atoms with E-state index in [4.69, 9.17) is 4.98 Å². The van der Waals surface area contributed by atoms with Crippen LogP contribution < -0.4 is 10.6 Å². The topological polar surface area (TPSA) is 79.3 Å². The van der Waals surface area contributed by atoms with E-state index in [-0.39, 0.29) is 11.8 Å². The minimum atomic E-state index is -0.655. The molecule has 0 fully saturated rings. The van der Waals surface area contributed by atoms with Crippen LogP contribution in [-0.2, 0) is 17.9 Å². The van der Waals surface area contributed by atoms with Crippen molar-refractivity contribution in [1.29, 1.82) is 0 Å². The Hall–Kier alpha value is -2.67. The van der Waals surface area contributed by atoms with Crippen molar-refractivity contribution >= 4 is 11.8 Å². The molecule has 2 amide bonds. The van der Waals surface area contributed by atoms with Gasteiger partial charge in [0.1, 0.15) is 11.9 Å². The number of likely N-dealkylation sites (N-methyl/N-ethyl adjacent to an activating group) is 1. The van der Waals surface area contributed by atoms with Crippen molar-refractivity contribution < 1.29 is 9.59 Å². The molecule has 0 aliphatic carbocycles. The summed E-state index contributed by atoms with van der Waals surface area (Å²) in [5, 5.41) is 5.61. The van der Waals surface area contributed by atoms with E-state index in [9.17, 15) is 9.59 Å². The lowest BCUT2D eigenvalue weighted by Gasteiger charge is -2.31. The maximum atomic E-state index is 13.4. The number of rotatable bonds is 6. The van der Waals surface area contributed by atoms with Gasteiger partial charge in [-0.25, -0.2) is 4.98 Å². The second-order valence-electron chi connectivity index (χ2n) is 9.76. The Balaban J connectivity index is 2.00. The number of nitrogens with zero attached hydrogens (tertiary/aromatic N) is 3. The van der Waals surface area contributed by atoms with Gasteiger partial charge in [0, 0.05) is 38.8 Å². The highest BCUT2D eigenvalue weighted by molar-refractivity contribution is 5.97. The van der Waals surface area contributed by atoms with Crippen LogP contribution in [0.1, 0.15) is 50.8 Å². The molecule has 2 N–H and O–H groups in total. The Kier molecular flexibility index (Phi) is 6.84. The average Bonchev–Trinajstić information content (AvgIpc) is 3.09. The zero-order valence-corrected chi connectivity index (χ0v) is 19.5. The molecule has 0 bridgehead atoms. The van der Waals surface area contributed by atoms with Crippen LogP contribution in [0.5, 0.6) is 0 Å². The van der Waals surface area contributed by atoms with Gasteiger partial charge in [0.25, 0.3) is 5.91 Å². The number of nitrogens with one attached hydrogen (secondary N) is 2. The van der Waals surface area contributed by atoms with E-state index < -0.39 is 11.5 Å². The Morgan fingerprint density at radius 3 is 2.39 bits per heavy atom. The van der Waals surface area contributed by atoms with Gasteiger partial charge < -0.3 is 15.2 Å². The predicted octanol–water partition coefficient (Wildman–Crippen LogP) is 2.91. The fraction of sp³-hybridized carbons (Fsp3) is 0.542. The van der Waals surface area contributed by atoms with Gasteiger partial charge in [0.05, 0.1) is 5.69 Å². The van der Waals surface area contributed by atoms with Gasteiger partial charge in [-0.05, 0) is 11.3 Å². The fourth-order valence-electron chi connectivity index (χ4n) is 4.10. The summed E-state index contributed by atoms with van der Waals surface area (Å²) in [5.74, 6) is 0.829. The van der Waals surface area contributed by atoms with E-state index in [0.717, 1.165) is 36.7 Å². The van der Waals surface area contributed by atoms with Gasteiger partial charge in [-0.15, -0.1) is 0 Å². The first kappa shape index (κ1) is 23.0. The number of benzene rings is 1. The van der Waals surface area contributed by atoms with Crippen LogP contribution in [0, 0.1) is 11.3 Å². The number of amides is 2. The first-order valence-electron chi connectivity index (χ1n) is 11.0. The molecule has 168 valence electrons. The van der Waals surface area contributed by atoms with E-state index in [1.807, 2.05) is 51.1 Å². The Bertz CT molecular complexity index is 927. The van der Waals surface area contributed by atoms with Crippen LogP contribution in [0.3, 0.4) is 0 Å². The molecule has 1 aromatic heterocycles. The van der Waals surface area contributed by atoms with E-state index >= 15 is 0 Å². The molecular weight excluding hydrogens is 390 g/mol. The minimum Gasteiger partial charge on any atom is -0.357 e. The normalized spacial score (nSPS) is 15.5. The molecule has 1 aliphatic heterocycles. The first-order valence-corrected chi connectivity index (χ1v) is 11.0. The third-order valence-corrected chi connectivity index (χ3v) is 5.61. The van der Waals surface area contributed by atoms with Crippen LogP contribution in [0.15, 0.2) is 30.3 Å². The van der Waals surface area contributed by atoms with Crippen LogP contribution in [0.25, 0.3) is 11.4 Å². The van der Waals surface area contributed by atoms with Crippen molar-refractivity contribution in [2.75, 3.05) is 20.1 Å². The standard InChI is InChI=1S/C24H35N5O2/c1-16(2)14-28-12-13-29-18(15-28)19(26-21(29)17-10-8-7-9-11-17)22(30)27-20(23(31)25-6)24(3,4)5/h7-11,16,20H,12-15H2,1-6H3,(H,25,31)(H,27,30)/t20-/m1/s1. The molecule has 0 radical (unpaired) electrons. The average molecular weight is 426 g/mol. The third-order valence-electron chi connectivity index (χ3n) is 5.61. The summed E-state index contributed by atoms with van der Waals surface area (Å²) in [6.07, 6.45) is 0. The Morgan fingerprint density at radius 2 is 1.81 bits per heavy atom. The molecule has 1 aliphatic rings. The molecule has 0 spiro atoms. The molecule has 7 heteroatoms. The van der Waals surface area contributed by atoms with Crippen molar-refractivity contribution in [3.05, 3.63) is 41.7 Å². The predicted molar refractivity (Wildman–Crippen MR) is 123 cm³/mol. The van der Waals surface area contributed by atoms with Crippen molar-refractivity contribution in [3.63, 3.8) is 0 Å².